The van der Waals surface area contributed by atoms with E-state index in [2.05, 4.69) is 4.90 Å². The summed E-state index contributed by atoms with van der Waals surface area (Å²) in [7, 11) is 0. The fourth-order valence-corrected chi connectivity index (χ4v) is 2.32. The lowest BCUT2D eigenvalue weighted by Crippen LogP contribution is -2.37. The summed E-state index contributed by atoms with van der Waals surface area (Å²) in [6, 6.07) is 7.19. The first-order valence-electron chi connectivity index (χ1n) is 7.64. The van der Waals surface area contributed by atoms with Crippen molar-refractivity contribution in [3.63, 3.8) is 0 Å². The summed E-state index contributed by atoms with van der Waals surface area (Å²) >= 11 is 0. The van der Waals surface area contributed by atoms with Gasteiger partial charge >= 0.3 is 0 Å². The number of nitrogens with zero attached hydrogens (tertiary/aromatic N) is 1. The third-order valence-corrected chi connectivity index (χ3v) is 3.49. The van der Waals surface area contributed by atoms with E-state index in [1.54, 1.807) is 12.1 Å². The molecule has 21 heavy (non-hydrogen) atoms. The maximum absolute atomic E-state index is 13.3. The fraction of sp³-hybridized carbons (Fsp3) is 0.647. The van der Waals surface area contributed by atoms with Crippen molar-refractivity contribution in [1.82, 2.24) is 4.90 Å². The predicted octanol–water partition coefficient (Wildman–Crippen LogP) is 2.97. The molecule has 2 rings (SSSR count). The molecule has 0 saturated heterocycles. The van der Waals surface area contributed by atoms with Crippen molar-refractivity contribution in [1.29, 1.82) is 0 Å². The molecule has 1 aliphatic carbocycles. The van der Waals surface area contributed by atoms with Gasteiger partial charge in [-0.2, -0.15) is 0 Å². The SMILES string of the molecule is CC(C)(C)OCC(O)CN(Cc1cccc(F)c1)C1CC1. The highest BCUT2D eigenvalue weighted by atomic mass is 19.1. The van der Waals surface area contributed by atoms with Gasteiger partial charge in [-0.15, -0.1) is 0 Å². The van der Waals surface area contributed by atoms with Crippen LogP contribution in [0.2, 0.25) is 0 Å². The second kappa shape index (κ2) is 6.86. The van der Waals surface area contributed by atoms with E-state index in [0.717, 1.165) is 18.4 Å². The minimum Gasteiger partial charge on any atom is -0.389 e. The number of hydrogen-bond acceptors (Lipinski definition) is 3. The zero-order valence-electron chi connectivity index (χ0n) is 13.2. The van der Waals surface area contributed by atoms with Crippen molar-refractivity contribution in [3.05, 3.63) is 35.6 Å². The maximum atomic E-state index is 13.3. The number of ether oxygens (including phenoxy) is 1. The van der Waals surface area contributed by atoms with Gasteiger partial charge in [0.15, 0.2) is 0 Å². The summed E-state index contributed by atoms with van der Waals surface area (Å²) < 4.78 is 18.9. The van der Waals surface area contributed by atoms with Gasteiger partial charge in [-0.1, -0.05) is 12.1 Å². The van der Waals surface area contributed by atoms with Gasteiger partial charge in [-0.05, 0) is 51.3 Å². The van der Waals surface area contributed by atoms with Crippen LogP contribution in [-0.2, 0) is 11.3 Å². The van der Waals surface area contributed by atoms with Gasteiger partial charge < -0.3 is 9.84 Å². The second-order valence-electron chi connectivity index (χ2n) is 6.87. The first-order chi connectivity index (χ1) is 9.83. The largest absolute Gasteiger partial charge is 0.389 e. The van der Waals surface area contributed by atoms with E-state index in [-0.39, 0.29) is 11.4 Å². The van der Waals surface area contributed by atoms with Crippen LogP contribution in [0.1, 0.15) is 39.2 Å². The van der Waals surface area contributed by atoms with Crippen molar-refractivity contribution in [3.8, 4) is 0 Å². The molecule has 0 spiro atoms. The Bertz CT molecular complexity index is 454. The predicted molar refractivity (Wildman–Crippen MR) is 81.5 cm³/mol. The van der Waals surface area contributed by atoms with Crippen molar-refractivity contribution >= 4 is 0 Å². The number of aliphatic hydroxyl groups excluding tert-OH is 1. The molecule has 0 heterocycles. The Morgan fingerprint density at radius 2 is 2.10 bits per heavy atom. The van der Waals surface area contributed by atoms with Crippen molar-refractivity contribution in [2.45, 2.75) is 57.9 Å². The van der Waals surface area contributed by atoms with Crippen LogP contribution in [0.5, 0.6) is 0 Å². The smallest absolute Gasteiger partial charge is 0.123 e. The van der Waals surface area contributed by atoms with Crippen LogP contribution in [0.25, 0.3) is 0 Å². The molecule has 1 fully saturated rings. The first-order valence-corrected chi connectivity index (χ1v) is 7.64. The maximum Gasteiger partial charge on any atom is 0.123 e. The van der Waals surface area contributed by atoms with Gasteiger partial charge in [-0.3, -0.25) is 4.90 Å². The molecule has 0 aliphatic heterocycles. The number of aliphatic hydroxyl groups is 1. The molecule has 0 bridgehead atoms. The Kier molecular flexibility index (Phi) is 5.36. The quantitative estimate of drug-likeness (QED) is 0.839. The molecular weight excluding hydrogens is 269 g/mol. The summed E-state index contributed by atoms with van der Waals surface area (Å²) in [4.78, 5) is 2.23. The molecule has 1 unspecified atom stereocenters. The molecule has 1 aromatic carbocycles. The van der Waals surface area contributed by atoms with E-state index < -0.39 is 6.10 Å². The topological polar surface area (TPSA) is 32.7 Å². The van der Waals surface area contributed by atoms with Gasteiger partial charge in [0.05, 0.1) is 18.3 Å². The lowest BCUT2D eigenvalue weighted by Gasteiger charge is -2.27. The lowest BCUT2D eigenvalue weighted by atomic mass is 10.2. The monoisotopic (exact) mass is 295 g/mol. The highest BCUT2D eigenvalue weighted by Crippen LogP contribution is 2.28. The number of halogens is 1. The van der Waals surface area contributed by atoms with Crippen molar-refractivity contribution < 1.29 is 14.2 Å². The molecule has 4 heteroatoms. The van der Waals surface area contributed by atoms with E-state index in [1.165, 1.54) is 6.07 Å². The van der Waals surface area contributed by atoms with Crippen LogP contribution >= 0.6 is 0 Å². The highest BCUT2D eigenvalue weighted by Gasteiger charge is 2.30. The highest BCUT2D eigenvalue weighted by molar-refractivity contribution is 5.16. The molecule has 3 nitrogen and oxygen atoms in total. The summed E-state index contributed by atoms with van der Waals surface area (Å²) in [6.07, 6.45) is 1.79. The molecule has 1 aliphatic rings. The Morgan fingerprint density at radius 3 is 2.67 bits per heavy atom. The Hall–Kier alpha value is -0.970. The molecule has 0 aromatic heterocycles. The summed E-state index contributed by atoms with van der Waals surface area (Å²) in [5.74, 6) is -0.208. The first kappa shape index (κ1) is 16.4. The molecule has 1 aromatic rings. The normalized spacial score (nSPS) is 17.2. The van der Waals surface area contributed by atoms with Gasteiger partial charge in [0, 0.05) is 19.1 Å². The van der Waals surface area contributed by atoms with E-state index in [0.29, 0.717) is 25.7 Å². The minimum atomic E-state index is -0.515. The average molecular weight is 295 g/mol. The molecule has 0 radical (unpaired) electrons. The second-order valence-corrected chi connectivity index (χ2v) is 6.87. The van der Waals surface area contributed by atoms with Crippen LogP contribution in [0.15, 0.2) is 24.3 Å². The van der Waals surface area contributed by atoms with Gasteiger partial charge in [0.2, 0.25) is 0 Å². The van der Waals surface area contributed by atoms with Crippen LogP contribution in [0, 0.1) is 5.82 Å². The molecule has 0 amide bonds. The van der Waals surface area contributed by atoms with E-state index in [1.807, 2.05) is 26.8 Å². The van der Waals surface area contributed by atoms with E-state index in [9.17, 15) is 9.50 Å². The molecule has 1 saturated carbocycles. The van der Waals surface area contributed by atoms with E-state index in [4.69, 9.17) is 4.74 Å². The zero-order valence-corrected chi connectivity index (χ0v) is 13.2. The fourth-order valence-electron chi connectivity index (χ4n) is 2.32. The van der Waals surface area contributed by atoms with Gasteiger partial charge in [-0.25, -0.2) is 4.39 Å². The number of rotatable bonds is 7. The summed E-state index contributed by atoms with van der Waals surface area (Å²) in [5, 5.41) is 10.2. The lowest BCUT2D eigenvalue weighted by molar-refractivity contribution is -0.0572. The number of benzene rings is 1. The van der Waals surface area contributed by atoms with Crippen molar-refractivity contribution in [2.75, 3.05) is 13.2 Å². The zero-order chi connectivity index (χ0) is 15.5. The Balaban J connectivity index is 1.87. The van der Waals surface area contributed by atoms with E-state index >= 15 is 0 Å². The van der Waals surface area contributed by atoms with Crippen LogP contribution in [0.4, 0.5) is 4.39 Å². The van der Waals surface area contributed by atoms with Crippen LogP contribution < -0.4 is 0 Å². The molecule has 118 valence electrons. The van der Waals surface area contributed by atoms with Crippen molar-refractivity contribution in [2.24, 2.45) is 0 Å². The van der Waals surface area contributed by atoms with Crippen LogP contribution in [0.3, 0.4) is 0 Å². The minimum absolute atomic E-state index is 0.208. The Morgan fingerprint density at radius 1 is 1.38 bits per heavy atom. The molecule has 1 N–H and O–H groups in total. The van der Waals surface area contributed by atoms with Crippen LogP contribution in [-0.4, -0.2) is 40.9 Å². The number of hydrogen-bond donors (Lipinski definition) is 1. The summed E-state index contributed by atoms with van der Waals surface area (Å²) in [5.41, 5.74) is 0.708. The third kappa shape index (κ3) is 6.12. The third-order valence-electron chi connectivity index (χ3n) is 3.49. The molecular formula is C17H26FNO2. The Labute approximate surface area is 126 Å². The molecule has 1 atom stereocenters. The van der Waals surface area contributed by atoms with Gasteiger partial charge in [0.25, 0.3) is 0 Å². The standard InChI is InChI=1S/C17H26FNO2/c1-17(2,3)21-12-16(20)11-19(15-7-8-15)10-13-5-4-6-14(18)9-13/h4-6,9,15-16,20H,7-8,10-12H2,1-3H3. The average Bonchev–Trinajstić information content (AvgIpc) is 3.19. The van der Waals surface area contributed by atoms with Gasteiger partial charge in [0.1, 0.15) is 5.82 Å². The summed E-state index contributed by atoms with van der Waals surface area (Å²) in [6.45, 7) is 7.50.